The van der Waals surface area contributed by atoms with Crippen molar-refractivity contribution in [3.63, 3.8) is 0 Å². The summed E-state index contributed by atoms with van der Waals surface area (Å²) in [5.41, 5.74) is 17.5. The molecule has 2 aliphatic rings. The molecule has 1 spiro atoms. The monoisotopic (exact) mass is 792 g/mol. The van der Waals surface area contributed by atoms with E-state index < -0.39 is 5.41 Å². The highest BCUT2D eigenvalue weighted by atomic mass is 19.1. The number of hydrogen-bond acceptors (Lipinski definition) is 2. The van der Waals surface area contributed by atoms with Crippen molar-refractivity contribution < 1.29 is 4.39 Å². The second kappa shape index (κ2) is 12.2. The molecule has 4 nitrogen and oxygen atoms in total. The van der Waals surface area contributed by atoms with E-state index in [1.54, 1.807) is 12.1 Å². The van der Waals surface area contributed by atoms with Gasteiger partial charge >= 0.3 is 0 Å². The first-order valence-corrected chi connectivity index (χ1v) is 21.1. The van der Waals surface area contributed by atoms with Crippen molar-refractivity contribution in [1.82, 2.24) is 19.1 Å². The van der Waals surface area contributed by atoms with Gasteiger partial charge in [-0.15, -0.1) is 0 Å². The summed E-state index contributed by atoms with van der Waals surface area (Å²) in [7, 11) is 0. The molecular weight excluding hydrogens is 760 g/mol. The molecule has 0 N–H and O–H groups in total. The van der Waals surface area contributed by atoms with Gasteiger partial charge in [-0.1, -0.05) is 140 Å². The molecule has 0 radical (unpaired) electrons. The number of rotatable bonds is 3. The van der Waals surface area contributed by atoms with Crippen LogP contribution >= 0.6 is 0 Å². The van der Waals surface area contributed by atoms with Crippen LogP contribution in [0.5, 0.6) is 0 Å². The molecule has 0 saturated carbocycles. The van der Waals surface area contributed by atoms with Crippen LogP contribution < -0.4 is 0 Å². The molecule has 14 rings (SSSR count). The Morgan fingerprint density at radius 2 is 0.935 bits per heavy atom. The van der Waals surface area contributed by atoms with Crippen LogP contribution in [0.15, 0.2) is 200 Å². The van der Waals surface area contributed by atoms with Crippen molar-refractivity contribution in [2.45, 2.75) is 5.41 Å². The van der Waals surface area contributed by atoms with Gasteiger partial charge in [0, 0.05) is 38.2 Å². The lowest BCUT2D eigenvalue weighted by Crippen LogP contribution is -2.25. The minimum atomic E-state index is -0.419. The Bertz CT molecular complexity index is 3850. The smallest absolute Gasteiger partial charge is 0.235 e. The zero-order valence-electron chi connectivity index (χ0n) is 33.2. The normalized spacial score (nSPS) is 13.4. The second-order valence-corrected chi connectivity index (χ2v) is 16.6. The predicted octanol–water partition coefficient (Wildman–Crippen LogP) is 14.0. The lowest BCUT2D eigenvalue weighted by atomic mass is 9.70. The van der Waals surface area contributed by atoms with Crippen molar-refractivity contribution in [1.29, 1.82) is 0 Å². The Morgan fingerprint density at radius 1 is 0.387 bits per heavy atom. The summed E-state index contributed by atoms with van der Waals surface area (Å²) in [6, 6.07) is 70.2. The number of nitrogens with zero attached hydrogens (tertiary/aromatic N) is 4. The van der Waals surface area contributed by atoms with Crippen molar-refractivity contribution in [3.05, 3.63) is 228 Å². The van der Waals surface area contributed by atoms with Gasteiger partial charge in [0.25, 0.3) is 0 Å². The molecule has 12 aromatic rings. The highest BCUT2D eigenvalue weighted by Gasteiger charge is 2.51. The molecular formula is C57H33FN4. The summed E-state index contributed by atoms with van der Waals surface area (Å²) in [4.78, 5) is 10.9. The first-order valence-electron chi connectivity index (χ1n) is 21.1. The lowest BCUT2D eigenvalue weighted by molar-refractivity contribution is 0.629. The summed E-state index contributed by atoms with van der Waals surface area (Å²) in [5.74, 6) is 0.315. The third kappa shape index (κ3) is 4.24. The number of halogens is 1. The van der Waals surface area contributed by atoms with E-state index in [2.05, 4.69) is 167 Å². The third-order valence-corrected chi connectivity index (χ3v) is 13.6. The van der Waals surface area contributed by atoms with Gasteiger partial charge in [0.2, 0.25) is 5.95 Å². The second-order valence-electron chi connectivity index (χ2n) is 16.6. The summed E-state index contributed by atoms with van der Waals surface area (Å²) in [6.45, 7) is 0. The average molecular weight is 793 g/mol. The van der Waals surface area contributed by atoms with Crippen molar-refractivity contribution in [3.8, 4) is 45.1 Å². The maximum atomic E-state index is 15.3. The van der Waals surface area contributed by atoms with Crippen molar-refractivity contribution in [2.24, 2.45) is 0 Å². The quantitative estimate of drug-likeness (QED) is 0.179. The maximum absolute atomic E-state index is 15.3. The van der Waals surface area contributed by atoms with E-state index in [1.807, 2.05) is 30.3 Å². The molecule has 0 aliphatic heterocycles. The summed E-state index contributed by atoms with van der Waals surface area (Å²) < 4.78 is 19.7. The average Bonchev–Trinajstić information content (AvgIpc) is 4.03. The summed E-state index contributed by atoms with van der Waals surface area (Å²) >= 11 is 0. The van der Waals surface area contributed by atoms with Crippen LogP contribution in [0, 0.1) is 5.82 Å². The minimum absolute atomic E-state index is 0.267. The Kier molecular flexibility index (Phi) is 6.63. The molecule has 2 aliphatic carbocycles. The predicted molar refractivity (Wildman–Crippen MR) is 250 cm³/mol. The first kappa shape index (κ1) is 33.7. The Labute approximate surface area is 355 Å². The zero-order chi connectivity index (χ0) is 40.7. The SMILES string of the molecule is Fc1ccc2c(c1)c1c3c4ccccc4n(-c4nc(-c5ccc6c(c5)-c5ccccc5C65c6ccccc6-c6ccccc65)c5ccccc5n4)c3ccc1n2-c1ccccc1. The fraction of sp³-hybridized carbons (Fsp3) is 0.0175. The number of benzene rings is 9. The maximum Gasteiger partial charge on any atom is 0.235 e. The van der Waals surface area contributed by atoms with Crippen LogP contribution in [0.3, 0.4) is 0 Å². The molecule has 3 heterocycles. The number of para-hydroxylation sites is 3. The van der Waals surface area contributed by atoms with Gasteiger partial charge < -0.3 is 4.57 Å². The Morgan fingerprint density at radius 3 is 1.68 bits per heavy atom. The van der Waals surface area contributed by atoms with Crippen LogP contribution in [0.25, 0.3) is 99.7 Å². The molecule has 0 saturated heterocycles. The van der Waals surface area contributed by atoms with Crippen LogP contribution in [0.4, 0.5) is 4.39 Å². The van der Waals surface area contributed by atoms with E-state index >= 15 is 4.39 Å². The molecule has 0 fully saturated rings. The highest BCUT2D eigenvalue weighted by Crippen LogP contribution is 2.63. The van der Waals surface area contributed by atoms with Gasteiger partial charge in [0.15, 0.2) is 0 Å². The number of hydrogen-bond donors (Lipinski definition) is 0. The molecule has 288 valence electrons. The van der Waals surface area contributed by atoms with Crippen LogP contribution in [-0.2, 0) is 5.41 Å². The van der Waals surface area contributed by atoms with Gasteiger partial charge in [0.05, 0.1) is 38.7 Å². The molecule has 0 bridgehead atoms. The fourth-order valence-electron chi connectivity index (χ4n) is 11.2. The fourth-order valence-corrected chi connectivity index (χ4v) is 11.2. The summed E-state index contributed by atoms with van der Waals surface area (Å²) in [6.07, 6.45) is 0. The van der Waals surface area contributed by atoms with E-state index in [0.717, 1.165) is 71.5 Å². The minimum Gasteiger partial charge on any atom is -0.309 e. The molecule has 0 unspecified atom stereocenters. The molecule has 9 aromatic carbocycles. The van der Waals surface area contributed by atoms with Crippen LogP contribution in [0.1, 0.15) is 22.3 Å². The number of aromatic nitrogens is 4. The third-order valence-electron chi connectivity index (χ3n) is 13.6. The zero-order valence-corrected chi connectivity index (χ0v) is 33.2. The van der Waals surface area contributed by atoms with Crippen LogP contribution in [0.2, 0.25) is 0 Å². The van der Waals surface area contributed by atoms with E-state index in [4.69, 9.17) is 9.97 Å². The Balaban J connectivity index is 1.03. The van der Waals surface area contributed by atoms with E-state index in [9.17, 15) is 0 Å². The van der Waals surface area contributed by atoms with Gasteiger partial charge in [-0.2, -0.15) is 0 Å². The van der Waals surface area contributed by atoms with E-state index in [1.165, 1.54) is 44.5 Å². The van der Waals surface area contributed by atoms with Crippen molar-refractivity contribution in [2.75, 3.05) is 0 Å². The Hall–Kier alpha value is -8.15. The number of fused-ring (bicyclic) bond motifs is 18. The molecule has 5 heteroatoms. The lowest BCUT2D eigenvalue weighted by Gasteiger charge is -2.30. The molecule has 0 atom stereocenters. The van der Waals surface area contributed by atoms with E-state index in [0.29, 0.717) is 5.95 Å². The largest absolute Gasteiger partial charge is 0.309 e. The highest BCUT2D eigenvalue weighted by molar-refractivity contribution is 6.29. The summed E-state index contributed by atoms with van der Waals surface area (Å²) in [5, 5.41) is 4.94. The van der Waals surface area contributed by atoms with Crippen molar-refractivity contribution >= 4 is 54.5 Å². The molecule has 0 amide bonds. The van der Waals surface area contributed by atoms with Gasteiger partial charge in [-0.3, -0.25) is 4.57 Å². The standard InChI is InChI=1S/C57H33FN4/c58-35-27-29-50-43(33-35)54-51(61(50)36-14-2-1-3-15-36)30-31-52-53(54)41-20-8-13-25-49(41)62(52)56-59-48-24-12-7-19-40(48)55(60-56)34-26-28-47-42(32-34)39-18-6-11-23-46(39)57(47)44-21-9-4-16-37(44)38-17-5-10-22-45(38)57/h1-33H. The van der Waals surface area contributed by atoms with Gasteiger partial charge in [-0.25, -0.2) is 14.4 Å². The molecule has 62 heavy (non-hydrogen) atoms. The topological polar surface area (TPSA) is 35.6 Å². The molecule has 3 aromatic heterocycles. The van der Waals surface area contributed by atoms with E-state index in [-0.39, 0.29) is 5.82 Å². The van der Waals surface area contributed by atoms with Gasteiger partial charge in [0.1, 0.15) is 5.82 Å². The first-order chi connectivity index (χ1) is 30.7. The van der Waals surface area contributed by atoms with Gasteiger partial charge in [-0.05, 0) is 105 Å². The van der Waals surface area contributed by atoms with Crippen LogP contribution in [-0.4, -0.2) is 19.1 Å².